The molecular formula is C24H25N7O4. The van der Waals surface area contributed by atoms with Crippen molar-refractivity contribution in [3.8, 4) is 11.1 Å². The summed E-state index contributed by atoms with van der Waals surface area (Å²) in [6.45, 7) is 5.13. The highest BCUT2D eigenvalue weighted by Gasteiger charge is 2.25. The van der Waals surface area contributed by atoms with Gasteiger partial charge in [-0.2, -0.15) is 5.10 Å². The van der Waals surface area contributed by atoms with Crippen molar-refractivity contribution in [3.63, 3.8) is 0 Å². The Morgan fingerprint density at radius 1 is 1.20 bits per heavy atom. The van der Waals surface area contributed by atoms with Gasteiger partial charge in [0.05, 0.1) is 23.6 Å². The van der Waals surface area contributed by atoms with Gasteiger partial charge in [0.2, 0.25) is 0 Å². The van der Waals surface area contributed by atoms with Crippen molar-refractivity contribution < 1.29 is 14.6 Å². The third kappa shape index (κ3) is 5.52. The van der Waals surface area contributed by atoms with Crippen molar-refractivity contribution in [1.29, 1.82) is 0 Å². The molecule has 1 N–H and O–H groups in total. The van der Waals surface area contributed by atoms with E-state index in [0.717, 1.165) is 27.0 Å². The zero-order valence-corrected chi connectivity index (χ0v) is 19.8. The largest absolute Gasteiger partial charge is 0.444 e. The lowest BCUT2D eigenvalue weighted by Gasteiger charge is -2.21. The Bertz CT molecular complexity index is 1390. The highest BCUT2D eigenvalue weighted by Crippen LogP contribution is 2.30. The van der Waals surface area contributed by atoms with Crippen LogP contribution in [-0.4, -0.2) is 36.5 Å². The zero-order chi connectivity index (χ0) is 25.2. The molecule has 1 amide bonds. The molecule has 11 heteroatoms. The fourth-order valence-electron chi connectivity index (χ4n) is 3.62. The van der Waals surface area contributed by atoms with Gasteiger partial charge >= 0.3 is 6.09 Å². The second-order valence-electron chi connectivity index (χ2n) is 8.93. The van der Waals surface area contributed by atoms with E-state index in [-0.39, 0.29) is 17.9 Å². The second-order valence-corrected chi connectivity index (χ2v) is 8.93. The summed E-state index contributed by atoms with van der Waals surface area (Å²) in [7, 11) is 1.84. The predicted octanol–water partition coefficient (Wildman–Crippen LogP) is 4.58. The van der Waals surface area contributed by atoms with Gasteiger partial charge in [-0.05, 0) is 56.2 Å². The van der Waals surface area contributed by atoms with Crippen molar-refractivity contribution in [2.45, 2.75) is 32.9 Å². The number of hydrogen-bond donors (Lipinski definition) is 1. The summed E-state index contributed by atoms with van der Waals surface area (Å²) >= 11 is 0. The van der Waals surface area contributed by atoms with Crippen LogP contribution >= 0.6 is 0 Å². The van der Waals surface area contributed by atoms with E-state index < -0.39 is 16.7 Å². The number of benzene rings is 1. The Labute approximate surface area is 201 Å². The summed E-state index contributed by atoms with van der Waals surface area (Å²) in [5.74, 6) is 0. The number of rotatable bonds is 6. The molecule has 0 bridgehead atoms. The normalized spacial score (nSPS) is 11.3. The molecule has 35 heavy (non-hydrogen) atoms. The third-order valence-electron chi connectivity index (χ3n) is 5.07. The van der Waals surface area contributed by atoms with Crippen molar-refractivity contribution in [2.75, 3.05) is 10.3 Å². The van der Waals surface area contributed by atoms with Crippen LogP contribution in [0.3, 0.4) is 0 Å². The number of aryl methyl sites for hydroxylation is 1. The van der Waals surface area contributed by atoms with Crippen LogP contribution in [0.25, 0.3) is 22.0 Å². The van der Waals surface area contributed by atoms with Gasteiger partial charge in [0.25, 0.3) is 0 Å². The Balaban J connectivity index is 1.68. The monoisotopic (exact) mass is 475 g/mol. The van der Waals surface area contributed by atoms with Crippen molar-refractivity contribution >= 4 is 28.4 Å². The number of nitrogens with zero attached hydrogens (tertiary/aromatic N) is 6. The predicted molar refractivity (Wildman–Crippen MR) is 131 cm³/mol. The van der Waals surface area contributed by atoms with Crippen LogP contribution in [-0.2, 0) is 18.3 Å². The summed E-state index contributed by atoms with van der Waals surface area (Å²) in [6.07, 6.45) is 7.43. The third-order valence-corrected chi connectivity index (χ3v) is 5.07. The summed E-state index contributed by atoms with van der Waals surface area (Å²) in [4.78, 5) is 32.8. The van der Waals surface area contributed by atoms with Gasteiger partial charge in [0.1, 0.15) is 17.8 Å². The Hall–Kier alpha value is -4.54. The fraction of sp³-hybridized carbons (Fsp3) is 0.250. The minimum absolute atomic E-state index is 0.0704. The number of carbonyl (C=O) groups excluding carboxylic acids is 1. The number of anilines is 2. The van der Waals surface area contributed by atoms with Crippen LogP contribution in [0.4, 0.5) is 16.2 Å². The summed E-state index contributed by atoms with van der Waals surface area (Å²) in [5.41, 5.74) is 2.90. The topological polar surface area (TPSA) is 128 Å². The number of nitro groups is 1. The average molecular weight is 476 g/mol. The number of carbonyl (C=O) groups is 1. The minimum Gasteiger partial charge on any atom is -0.444 e. The molecule has 0 aliphatic rings. The summed E-state index contributed by atoms with van der Waals surface area (Å²) in [6, 6.07) is 8.86. The van der Waals surface area contributed by atoms with E-state index in [2.05, 4.69) is 20.4 Å². The molecule has 0 unspecified atom stereocenters. The van der Waals surface area contributed by atoms with Crippen LogP contribution in [0, 0.1) is 10.1 Å². The van der Waals surface area contributed by atoms with E-state index in [1.807, 2.05) is 31.4 Å². The molecule has 180 valence electrons. The SMILES string of the molecule is Cn1cc(-c2ccnc3ccc(CN(c4cnccc4NC(=O)OC(C)(C)C)[N+](=O)[O-])cc23)cn1. The van der Waals surface area contributed by atoms with Crippen LogP contribution in [0.1, 0.15) is 26.3 Å². The van der Waals surface area contributed by atoms with Crippen LogP contribution in [0.5, 0.6) is 0 Å². The molecule has 0 saturated carbocycles. The van der Waals surface area contributed by atoms with Crippen molar-refractivity contribution in [1.82, 2.24) is 19.7 Å². The number of ether oxygens (including phenoxy) is 1. The van der Waals surface area contributed by atoms with Gasteiger partial charge in [-0.15, -0.1) is 0 Å². The number of aromatic nitrogens is 4. The number of pyridine rings is 2. The lowest BCUT2D eigenvalue weighted by molar-refractivity contribution is -0.496. The molecule has 0 atom stereocenters. The first-order chi connectivity index (χ1) is 16.6. The van der Waals surface area contributed by atoms with E-state index in [0.29, 0.717) is 5.56 Å². The molecule has 0 spiro atoms. The van der Waals surface area contributed by atoms with E-state index in [4.69, 9.17) is 4.74 Å². The van der Waals surface area contributed by atoms with Crippen LogP contribution in [0.2, 0.25) is 0 Å². The Kier molecular flexibility index (Phi) is 6.32. The smallest absolute Gasteiger partial charge is 0.412 e. The Morgan fingerprint density at radius 3 is 2.69 bits per heavy atom. The number of hydrazine groups is 1. The first-order valence-corrected chi connectivity index (χ1v) is 10.8. The number of nitrogens with one attached hydrogen (secondary N) is 1. The minimum atomic E-state index is -0.717. The lowest BCUT2D eigenvalue weighted by Crippen LogP contribution is -2.31. The number of fused-ring (bicyclic) bond motifs is 1. The maximum atomic E-state index is 12.3. The van der Waals surface area contributed by atoms with E-state index in [1.54, 1.807) is 43.9 Å². The highest BCUT2D eigenvalue weighted by atomic mass is 16.7. The molecule has 11 nitrogen and oxygen atoms in total. The zero-order valence-electron chi connectivity index (χ0n) is 19.8. The van der Waals surface area contributed by atoms with Crippen LogP contribution in [0.15, 0.2) is 61.3 Å². The molecule has 4 rings (SSSR count). The molecule has 0 aliphatic carbocycles. The highest BCUT2D eigenvalue weighted by molar-refractivity contribution is 5.94. The molecule has 0 aliphatic heterocycles. The quantitative estimate of drug-likeness (QED) is 0.317. The van der Waals surface area contributed by atoms with Gasteiger partial charge in [0.15, 0.2) is 5.03 Å². The standard InChI is InChI=1S/C24H25N7O4/c1-24(2,3)35-23(32)28-21-8-9-25-13-22(21)30(31(33)34)14-16-5-6-20-19(11-16)18(7-10-26-20)17-12-27-29(4)15-17/h5-13,15H,14H2,1-4H3,(H,25,28,32). The van der Waals surface area contributed by atoms with Crippen LogP contribution < -0.4 is 10.3 Å². The molecule has 3 heterocycles. The van der Waals surface area contributed by atoms with Gasteiger partial charge in [-0.25, -0.2) is 14.9 Å². The molecule has 0 fully saturated rings. The summed E-state index contributed by atoms with van der Waals surface area (Å²) < 4.78 is 7.00. The van der Waals surface area contributed by atoms with Gasteiger partial charge in [-0.3, -0.25) is 20.0 Å². The van der Waals surface area contributed by atoms with E-state index in [9.17, 15) is 14.9 Å². The molecule has 3 aromatic heterocycles. The van der Waals surface area contributed by atoms with Gasteiger partial charge < -0.3 is 4.74 Å². The fourth-order valence-corrected chi connectivity index (χ4v) is 3.62. The molecular weight excluding hydrogens is 450 g/mol. The van der Waals surface area contributed by atoms with Crippen molar-refractivity contribution in [3.05, 3.63) is 77.0 Å². The number of amides is 1. The maximum absolute atomic E-state index is 12.3. The lowest BCUT2D eigenvalue weighted by atomic mass is 10.0. The first-order valence-electron chi connectivity index (χ1n) is 10.8. The average Bonchev–Trinajstić information content (AvgIpc) is 3.22. The van der Waals surface area contributed by atoms with E-state index >= 15 is 0 Å². The van der Waals surface area contributed by atoms with Gasteiger partial charge in [-0.1, -0.05) is 11.1 Å². The van der Waals surface area contributed by atoms with E-state index in [1.165, 1.54) is 18.5 Å². The molecule has 1 aromatic carbocycles. The summed E-state index contributed by atoms with van der Waals surface area (Å²) in [5, 5.41) is 20.1. The van der Waals surface area contributed by atoms with Crippen molar-refractivity contribution in [2.24, 2.45) is 7.05 Å². The molecule has 0 saturated heterocycles. The first kappa shape index (κ1) is 23.6. The molecule has 4 aromatic rings. The second kappa shape index (κ2) is 9.37. The Morgan fingerprint density at radius 2 is 2.00 bits per heavy atom. The molecule has 0 radical (unpaired) electrons. The van der Waals surface area contributed by atoms with Gasteiger partial charge in [0, 0.05) is 36.6 Å². The number of hydrogen-bond acceptors (Lipinski definition) is 7. The maximum Gasteiger partial charge on any atom is 0.412 e.